The molecule has 0 saturated carbocycles. The first kappa shape index (κ1) is 12.9. The van der Waals surface area contributed by atoms with Gasteiger partial charge >= 0.3 is 6.18 Å². The van der Waals surface area contributed by atoms with E-state index in [2.05, 4.69) is 4.74 Å². The van der Waals surface area contributed by atoms with Gasteiger partial charge in [-0.2, -0.15) is 13.2 Å². The molecule has 1 aromatic rings. The van der Waals surface area contributed by atoms with Gasteiger partial charge in [0.2, 0.25) is 0 Å². The molecule has 1 aromatic carbocycles. The molecule has 6 heteroatoms. The van der Waals surface area contributed by atoms with Gasteiger partial charge < -0.3 is 10.5 Å². The number of hydrogen-bond acceptors (Lipinski definition) is 2. The van der Waals surface area contributed by atoms with Gasteiger partial charge in [-0.1, -0.05) is 12.1 Å². The highest BCUT2D eigenvalue weighted by molar-refractivity contribution is 5.30. The number of hydrogen-bond donors (Lipinski definition) is 1. The summed E-state index contributed by atoms with van der Waals surface area (Å²) in [5.74, 6) is -1.33. The van der Waals surface area contributed by atoms with Crippen LogP contribution in [0.3, 0.4) is 0 Å². The zero-order valence-corrected chi connectivity index (χ0v) is 8.51. The lowest BCUT2D eigenvalue weighted by Crippen LogP contribution is -2.20. The number of benzene rings is 1. The van der Waals surface area contributed by atoms with E-state index in [0.29, 0.717) is 6.07 Å². The van der Waals surface area contributed by atoms with Crippen LogP contribution in [0.1, 0.15) is 17.2 Å². The summed E-state index contributed by atoms with van der Waals surface area (Å²) in [7, 11) is 1.34. The Kier molecular flexibility index (Phi) is 3.88. The van der Waals surface area contributed by atoms with Crippen LogP contribution in [-0.2, 0) is 10.9 Å². The maximum Gasteiger partial charge on any atom is 0.419 e. The molecule has 2 N–H and O–H groups in total. The quantitative estimate of drug-likeness (QED) is 0.820. The summed E-state index contributed by atoms with van der Waals surface area (Å²) >= 11 is 0. The molecule has 0 saturated heterocycles. The molecule has 0 aliphatic heterocycles. The second kappa shape index (κ2) is 4.80. The van der Waals surface area contributed by atoms with E-state index in [1.54, 1.807) is 0 Å². The Morgan fingerprint density at radius 2 is 2.00 bits per heavy atom. The third-order valence-electron chi connectivity index (χ3n) is 2.08. The van der Waals surface area contributed by atoms with Gasteiger partial charge in [-0.05, 0) is 6.07 Å². The summed E-state index contributed by atoms with van der Waals surface area (Å²) in [6.07, 6.45) is -4.72. The summed E-state index contributed by atoms with van der Waals surface area (Å²) < 4.78 is 55.3. The van der Waals surface area contributed by atoms with E-state index in [4.69, 9.17) is 5.73 Å². The monoisotopic (exact) mass is 237 g/mol. The van der Waals surface area contributed by atoms with Crippen molar-refractivity contribution >= 4 is 0 Å². The van der Waals surface area contributed by atoms with Crippen molar-refractivity contribution < 1.29 is 22.3 Å². The lowest BCUT2D eigenvalue weighted by Gasteiger charge is -2.15. The van der Waals surface area contributed by atoms with Crippen molar-refractivity contribution in [3.63, 3.8) is 0 Å². The molecule has 2 nitrogen and oxygen atoms in total. The van der Waals surface area contributed by atoms with Crippen LogP contribution < -0.4 is 5.73 Å². The summed E-state index contributed by atoms with van der Waals surface area (Å²) in [5.41, 5.74) is 3.98. The number of nitrogens with two attached hydrogens (primary N) is 1. The number of methoxy groups -OCH3 is 1. The van der Waals surface area contributed by atoms with Crippen LogP contribution in [0.2, 0.25) is 0 Å². The summed E-state index contributed by atoms with van der Waals surface area (Å²) in [6, 6.07) is 2.11. The van der Waals surface area contributed by atoms with Crippen LogP contribution >= 0.6 is 0 Å². The molecule has 0 bridgehead atoms. The first-order chi connectivity index (χ1) is 7.38. The molecular weight excluding hydrogens is 226 g/mol. The van der Waals surface area contributed by atoms with E-state index in [9.17, 15) is 17.6 Å². The minimum atomic E-state index is -4.72. The van der Waals surface area contributed by atoms with Crippen LogP contribution in [0, 0.1) is 5.82 Å². The van der Waals surface area contributed by atoms with Crippen LogP contribution in [0.15, 0.2) is 18.2 Å². The zero-order chi connectivity index (χ0) is 12.3. The molecule has 1 rings (SSSR count). The SMILES string of the molecule is COC[C@H](N)c1cccc(C(F)(F)F)c1F. The van der Waals surface area contributed by atoms with Gasteiger partial charge in [0.25, 0.3) is 0 Å². The maximum atomic E-state index is 13.5. The van der Waals surface area contributed by atoms with Gasteiger partial charge in [0.05, 0.1) is 18.2 Å². The van der Waals surface area contributed by atoms with Gasteiger partial charge in [0.1, 0.15) is 5.82 Å². The molecule has 0 aliphatic carbocycles. The van der Waals surface area contributed by atoms with Crippen molar-refractivity contribution in [2.24, 2.45) is 5.73 Å². The van der Waals surface area contributed by atoms with Crippen molar-refractivity contribution in [2.75, 3.05) is 13.7 Å². The van der Waals surface area contributed by atoms with Crippen molar-refractivity contribution in [1.29, 1.82) is 0 Å². The average Bonchev–Trinajstić information content (AvgIpc) is 2.16. The highest BCUT2D eigenvalue weighted by Gasteiger charge is 2.35. The van der Waals surface area contributed by atoms with E-state index in [1.165, 1.54) is 13.2 Å². The molecule has 1 atom stereocenters. The minimum Gasteiger partial charge on any atom is -0.383 e. The van der Waals surface area contributed by atoms with E-state index in [-0.39, 0.29) is 12.2 Å². The molecule has 0 spiro atoms. The van der Waals surface area contributed by atoms with Crippen LogP contribution in [-0.4, -0.2) is 13.7 Å². The Morgan fingerprint density at radius 1 is 1.38 bits per heavy atom. The fourth-order valence-electron chi connectivity index (χ4n) is 1.32. The number of ether oxygens (including phenoxy) is 1. The fraction of sp³-hybridized carbons (Fsp3) is 0.400. The Bertz CT molecular complexity index is 364. The topological polar surface area (TPSA) is 35.2 Å². The minimum absolute atomic E-state index is 0.0434. The molecule has 0 amide bonds. The second-order valence-electron chi connectivity index (χ2n) is 3.27. The van der Waals surface area contributed by atoms with Crippen LogP contribution in [0.5, 0.6) is 0 Å². The molecule has 16 heavy (non-hydrogen) atoms. The number of alkyl halides is 3. The lowest BCUT2D eigenvalue weighted by atomic mass is 10.0. The molecule has 0 heterocycles. The molecule has 0 aromatic heterocycles. The molecule has 0 fully saturated rings. The average molecular weight is 237 g/mol. The standard InChI is InChI=1S/C10H11F4NO/c1-16-5-8(15)6-3-2-4-7(9(6)11)10(12,13)14/h2-4,8H,5,15H2,1H3/t8-/m0/s1. The Morgan fingerprint density at radius 3 is 2.50 bits per heavy atom. The first-order valence-corrected chi connectivity index (χ1v) is 4.48. The molecule has 90 valence electrons. The highest BCUT2D eigenvalue weighted by atomic mass is 19.4. The van der Waals surface area contributed by atoms with E-state index >= 15 is 0 Å². The van der Waals surface area contributed by atoms with Gasteiger partial charge in [-0.15, -0.1) is 0 Å². The molecule has 0 radical (unpaired) electrons. The van der Waals surface area contributed by atoms with Crippen molar-refractivity contribution in [2.45, 2.75) is 12.2 Å². The van der Waals surface area contributed by atoms with Crippen molar-refractivity contribution in [3.05, 3.63) is 35.1 Å². The van der Waals surface area contributed by atoms with Gasteiger partial charge in [0, 0.05) is 12.7 Å². The van der Waals surface area contributed by atoms with Gasteiger partial charge in [-0.3, -0.25) is 0 Å². The highest BCUT2D eigenvalue weighted by Crippen LogP contribution is 2.33. The summed E-state index contributed by atoms with van der Waals surface area (Å²) in [5, 5.41) is 0. The molecular formula is C10H11F4NO. The summed E-state index contributed by atoms with van der Waals surface area (Å²) in [6.45, 7) is -0.0434. The summed E-state index contributed by atoms with van der Waals surface area (Å²) in [4.78, 5) is 0. The third-order valence-corrected chi connectivity index (χ3v) is 2.08. The fourth-order valence-corrected chi connectivity index (χ4v) is 1.32. The second-order valence-corrected chi connectivity index (χ2v) is 3.27. The van der Waals surface area contributed by atoms with Crippen molar-refractivity contribution in [1.82, 2.24) is 0 Å². The maximum absolute atomic E-state index is 13.5. The predicted molar refractivity (Wildman–Crippen MR) is 50.2 cm³/mol. The van der Waals surface area contributed by atoms with E-state index < -0.39 is 23.6 Å². The number of rotatable bonds is 3. The van der Waals surface area contributed by atoms with E-state index in [1.807, 2.05) is 0 Å². The van der Waals surface area contributed by atoms with E-state index in [0.717, 1.165) is 6.07 Å². The van der Waals surface area contributed by atoms with Crippen LogP contribution in [0.4, 0.5) is 17.6 Å². The zero-order valence-electron chi connectivity index (χ0n) is 8.51. The largest absolute Gasteiger partial charge is 0.419 e. The lowest BCUT2D eigenvalue weighted by molar-refractivity contribution is -0.140. The predicted octanol–water partition coefficient (Wildman–Crippen LogP) is 2.49. The first-order valence-electron chi connectivity index (χ1n) is 4.48. The normalized spacial score (nSPS) is 13.9. The third kappa shape index (κ3) is 2.70. The van der Waals surface area contributed by atoms with Gasteiger partial charge in [-0.25, -0.2) is 4.39 Å². The molecule has 0 unspecified atom stereocenters. The molecule has 0 aliphatic rings. The van der Waals surface area contributed by atoms with Gasteiger partial charge in [0.15, 0.2) is 0 Å². The number of halogens is 4. The Hall–Kier alpha value is -1.14. The Labute approximate surface area is 90.0 Å². The van der Waals surface area contributed by atoms with Crippen molar-refractivity contribution in [3.8, 4) is 0 Å². The van der Waals surface area contributed by atoms with Crippen LogP contribution in [0.25, 0.3) is 0 Å². The smallest absolute Gasteiger partial charge is 0.383 e. The Balaban J connectivity index is 3.14.